The lowest BCUT2D eigenvalue weighted by Crippen LogP contribution is -2.50. The minimum atomic E-state index is -0.459. The number of carbonyl (C=O) groups excluding carboxylic acids is 1. The zero-order chi connectivity index (χ0) is 14.3. The summed E-state index contributed by atoms with van der Waals surface area (Å²) in [5.74, 6) is 0.862. The van der Waals surface area contributed by atoms with E-state index in [0.717, 1.165) is 11.1 Å². The van der Waals surface area contributed by atoms with Gasteiger partial charge in [0.15, 0.2) is 5.58 Å². The topological polar surface area (TPSA) is 55.6 Å². The third-order valence-electron chi connectivity index (χ3n) is 3.19. The molecule has 0 spiro atoms. The van der Waals surface area contributed by atoms with Gasteiger partial charge in [-0.3, -0.25) is 0 Å². The molecule has 1 aromatic carbocycles. The number of aromatic nitrogens is 1. The predicted molar refractivity (Wildman–Crippen MR) is 74.6 cm³/mol. The van der Waals surface area contributed by atoms with Crippen LogP contribution in [0.3, 0.4) is 0 Å². The zero-order valence-corrected chi connectivity index (χ0v) is 11.9. The molecule has 1 amide bonds. The number of ether oxygens (including phenoxy) is 1. The zero-order valence-electron chi connectivity index (χ0n) is 11.9. The molecule has 5 heteroatoms. The number of fused-ring (bicyclic) bond motifs is 1. The number of para-hydroxylation sites is 2. The molecule has 0 unspecified atom stereocenters. The summed E-state index contributed by atoms with van der Waals surface area (Å²) in [6.07, 6.45) is -0.273. The van der Waals surface area contributed by atoms with Crippen molar-refractivity contribution < 1.29 is 13.9 Å². The normalized spacial score (nSPS) is 16.2. The van der Waals surface area contributed by atoms with Crippen LogP contribution >= 0.6 is 0 Å². The van der Waals surface area contributed by atoms with Gasteiger partial charge in [0.2, 0.25) is 5.89 Å². The number of nitrogens with zero attached hydrogens (tertiary/aromatic N) is 2. The van der Waals surface area contributed by atoms with E-state index in [1.807, 2.05) is 45.0 Å². The summed E-state index contributed by atoms with van der Waals surface area (Å²) in [5, 5.41) is 0. The summed E-state index contributed by atoms with van der Waals surface area (Å²) >= 11 is 0. The molecule has 1 aliphatic heterocycles. The van der Waals surface area contributed by atoms with Crippen LogP contribution in [0.25, 0.3) is 11.1 Å². The molecule has 2 aromatic rings. The maximum atomic E-state index is 11.8. The number of hydrogen-bond acceptors (Lipinski definition) is 4. The molecule has 2 heterocycles. The maximum absolute atomic E-state index is 11.8. The summed E-state index contributed by atoms with van der Waals surface area (Å²) in [6, 6.07) is 7.68. The van der Waals surface area contributed by atoms with Crippen LogP contribution in [0.5, 0.6) is 0 Å². The molecule has 0 N–H and O–H groups in total. The lowest BCUT2D eigenvalue weighted by atomic mass is 10.0. The summed E-state index contributed by atoms with van der Waals surface area (Å²) in [7, 11) is 0. The van der Waals surface area contributed by atoms with Gasteiger partial charge in [-0.1, -0.05) is 12.1 Å². The Morgan fingerprint density at radius 3 is 2.70 bits per heavy atom. The Hall–Kier alpha value is -2.04. The minimum Gasteiger partial charge on any atom is -0.444 e. The van der Waals surface area contributed by atoms with E-state index in [0.29, 0.717) is 19.0 Å². The van der Waals surface area contributed by atoms with Crippen LogP contribution < -0.4 is 0 Å². The van der Waals surface area contributed by atoms with Gasteiger partial charge in [0.1, 0.15) is 11.1 Å². The van der Waals surface area contributed by atoms with Crippen molar-refractivity contribution in [2.75, 3.05) is 13.1 Å². The number of hydrogen-bond donors (Lipinski definition) is 0. The van der Waals surface area contributed by atoms with Crippen molar-refractivity contribution in [1.82, 2.24) is 9.88 Å². The smallest absolute Gasteiger partial charge is 0.410 e. The average molecular weight is 274 g/mol. The largest absolute Gasteiger partial charge is 0.444 e. The van der Waals surface area contributed by atoms with E-state index in [1.54, 1.807) is 4.90 Å². The fourth-order valence-electron chi connectivity index (χ4n) is 2.17. The van der Waals surface area contributed by atoms with E-state index in [-0.39, 0.29) is 12.0 Å². The lowest BCUT2D eigenvalue weighted by molar-refractivity contribution is 0.00621. The molecule has 1 aromatic heterocycles. The number of amides is 1. The van der Waals surface area contributed by atoms with Gasteiger partial charge in [0, 0.05) is 13.1 Å². The maximum Gasteiger partial charge on any atom is 0.410 e. The van der Waals surface area contributed by atoms with E-state index < -0.39 is 5.60 Å². The van der Waals surface area contributed by atoms with Crippen LogP contribution in [0.2, 0.25) is 0 Å². The molecule has 1 aliphatic rings. The van der Waals surface area contributed by atoms with Crippen molar-refractivity contribution in [3.05, 3.63) is 30.2 Å². The van der Waals surface area contributed by atoms with Crippen LogP contribution in [-0.4, -0.2) is 34.7 Å². The standard InChI is InChI=1S/C15H18N2O3/c1-15(2,3)20-14(18)17-8-10(9-17)13-16-11-6-4-5-7-12(11)19-13/h4-7,10H,8-9H2,1-3H3. The lowest BCUT2D eigenvalue weighted by Gasteiger charge is -2.38. The second kappa shape index (κ2) is 4.51. The van der Waals surface area contributed by atoms with Crippen molar-refractivity contribution in [2.45, 2.75) is 32.3 Å². The number of carbonyl (C=O) groups is 1. The first-order valence-electron chi connectivity index (χ1n) is 6.76. The van der Waals surface area contributed by atoms with Crippen molar-refractivity contribution in [2.24, 2.45) is 0 Å². The molecule has 1 fully saturated rings. The highest BCUT2D eigenvalue weighted by molar-refractivity contribution is 5.73. The van der Waals surface area contributed by atoms with E-state index in [9.17, 15) is 4.79 Å². The molecule has 0 saturated carbocycles. The Morgan fingerprint density at radius 1 is 1.35 bits per heavy atom. The second-order valence-corrected chi connectivity index (χ2v) is 6.10. The van der Waals surface area contributed by atoms with Crippen LogP contribution in [-0.2, 0) is 4.74 Å². The molecule has 106 valence electrons. The Kier molecular flexibility index (Phi) is 2.92. The quantitative estimate of drug-likeness (QED) is 0.801. The van der Waals surface area contributed by atoms with Crippen LogP contribution in [0, 0.1) is 0 Å². The summed E-state index contributed by atoms with van der Waals surface area (Å²) < 4.78 is 11.0. The van der Waals surface area contributed by atoms with Gasteiger partial charge in [-0.2, -0.15) is 0 Å². The first-order valence-corrected chi connectivity index (χ1v) is 6.76. The fourth-order valence-corrected chi connectivity index (χ4v) is 2.17. The molecule has 3 rings (SSSR count). The average Bonchev–Trinajstić information content (AvgIpc) is 2.67. The molecule has 5 nitrogen and oxygen atoms in total. The highest BCUT2D eigenvalue weighted by Crippen LogP contribution is 2.30. The van der Waals surface area contributed by atoms with Crippen LogP contribution in [0.1, 0.15) is 32.6 Å². The third-order valence-corrected chi connectivity index (χ3v) is 3.19. The summed E-state index contributed by atoms with van der Waals surface area (Å²) in [5.41, 5.74) is 1.19. The van der Waals surface area contributed by atoms with Crippen molar-refractivity contribution in [3.63, 3.8) is 0 Å². The second-order valence-electron chi connectivity index (χ2n) is 6.10. The molecule has 20 heavy (non-hydrogen) atoms. The first-order chi connectivity index (χ1) is 9.42. The molecule has 0 bridgehead atoms. The number of rotatable bonds is 1. The van der Waals surface area contributed by atoms with Crippen molar-refractivity contribution in [1.29, 1.82) is 0 Å². The van der Waals surface area contributed by atoms with Gasteiger partial charge in [-0.15, -0.1) is 0 Å². The third kappa shape index (κ3) is 2.48. The SMILES string of the molecule is CC(C)(C)OC(=O)N1CC(c2nc3ccccc3o2)C1. The van der Waals surface area contributed by atoms with Crippen LogP contribution in [0.4, 0.5) is 4.79 Å². The van der Waals surface area contributed by atoms with E-state index >= 15 is 0 Å². The molecule has 1 saturated heterocycles. The van der Waals surface area contributed by atoms with Crippen LogP contribution in [0.15, 0.2) is 28.7 Å². The number of oxazole rings is 1. The monoisotopic (exact) mass is 274 g/mol. The highest BCUT2D eigenvalue weighted by atomic mass is 16.6. The summed E-state index contributed by atoms with van der Waals surface area (Å²) in [4.78, 5) is 18.0. The van der Waals surface area contributed by atoms with E-state index in [1.165, 1.54) is 0 Å². The van der Waals surface area contributed by atoms with Gasteiger partial charge in [0.25, 0.3) is 0 Å². The Balaban J connectivity index is 1.64. The Bertz CT molecular complexity index is 603. The predicted octanol–water partition coefficient (Wildman–Crippen LogP) is 3.16. The molecular formula is C15H18N2O3. The van der Waals surface area contributed by atoms with E-state index in [2.05, 4.69) is 4.98 Å². The van der Waals surface area contributed by atoms with Gasteiger partial charge in [-0.05, 0) is 32.9 Å². The van der Waals surface area contributed by atoms with E-state index in [4.69, 9.17) is 9.15 Å². The Labute approximate surface area is 117 Å². The molecule has 0 radical (unpaired) electrons. The molecular weight excluding hydrogens is 256 g/mol. The number of likely N-dealkylation sites (tertiary alicyclic amines) is 1. The summed E-state index contributed by atoms with van der Waals surface area (Å²) in [6.45, 7) is 6.79. The fraction of sp³-hybridized carbons (Fsp3) is 0.467. The highest BCUT2D eigenvalue weighted by Gasteiger charge is 2.37. The van der Waals surface area contributed by atoms with Gasteiger partial charge >= 0.3 is 6.09 Å². The van der Waals surface area contributed by atoms with Gasteiger partial charge in [0.05, 0.1) is 5.92 Å². The number of benzene rings is 1. The van der Waals surface area contributed by atoms with Gasteiger partial charge < -0.3 is 14.1 Å². The van der Waals surface area contributed by atoms with Crippen molar-refractivity contribution in [3.8, 4) is 0 Å². The van der Waals surface area contributed by atoms with Gasteiger partial charge in [-0.25, -0.2) is 9.78 Å². The molecule has 0 atom stereocenters. The Morgan fingerprint density at radius 2 is 2.05 bits per heavy atom. The van der Waals surface area contributed by atoms with Crippen molar-refractivity contribution >= 4 is 17.2 Å². The molecule has 0 aliphatic carbocycles. The first kappa shape index (κ1) is 13.0. The minimum absolute atomic E-state index is 0.162.